The monoisotopic (exact) mass is 968 g/mol. The normalized spacial score (nSPS) is 14.2. The van der Waals surface area contributed by atoms with Crippen LogP contribution in [0.5, 0.6) is 0 Å². The van der Waals surface area contributed by atoms with E-state index in [0.29, 0.717) is 0 Å². The van der Waals surface area contributed by atoms with Gasteiger partial charge in [0.25, 0.3) is 0 Å². The molecular formula is C74H52N2. The molecule has 14 aromatic rings. The lowest BCUT2D eigenvalue weighted by Crippen LogP contribution is -2.31. The summed E-state index contributed by atoms with van der Waals surface area (Å²) in [6, 6.07) is 91.2. The van der Waals surface area contributed by atoms with Crippen LogP contribution in [0.4, 0.5) is 34.1 Å². The second kappa shape index (κ2) is 15.6. The quantitative estimate of drug-likeness (QED) is 0.164. The predicted octanol–water partition coefficient (Wildman–Crippen LogP) is 20.7. The molecule has 0 aromatic heterocycles. The van der Waals surface area contributed by atoms with Gasteiger partial charge in [0.2, 0.25) is 0 Å². The zero-order chi connectivity index (χ0) is 50.6. The smallest absolute Gasteiger partial charge is 0.0540 e. The van der Waals surface area contributed by atoms with E-state index in [9.17, 15) is 0 Å². The molecule has 0 fully saturated rings. The molecule has 2 nitrogen and oxygen atoms in total. The van der Waals surface area contributed by atoms with Crippen molar-refractivity contribution in [2.75, 3.05) is 9.80 Å². The third-order valence-corrected chi connectivity index (χ3v) is 17.7. The highest BCUT2D eigenvalue weighted by molar-refractivity contribution is 6.47. The first-order valence-electron chi connectivity index (χ1n) is 26.9. The maximum atomic E-state index is 2.61. The van der Waals surface area contributed by atoms with Crippen LogP contribution in [-0.2, 0) is 10.8 Å². The molecule has 2 aliphatic rings. The minimum Gasteiger partial charge on any atom is -0.310 e. The van der Waals surface area contributed by atoms with Crippen molar-refractivity contribution in [2.24, 2.45) is 0 Å². The van der Waals surface area contributed by atoms with E-state index in [0.717, 1.165) is 17.1 Å². The van der Waals surface area contributed by atoms with E-state index >= 15 is 0 Å². The maximum Gasteiger partial charge on any atom is 0.0540 e. The van der Waals surface area contributed by atoms with Gasteiger partial charge in [0.1, 0.15) is 0 Å². The number of benzene rings is 12. The maximum absolute atomic E-state index is 2.61. The summed E-state index contributed by atoms with van der Waals surface area (Å²) in [5.41, 5.74) is 19.9. The number of rotatable bonds is 6. The third kappa shape index (κ3) is 5.71. The third-order valence-electron chi connectivity index (χ3n) is 17.7. The van der Waals surface area contributed by atoms with E-state index < -0.39 is 0 Å². The van der Waals surface area contributed by atoms with E-state index in [2.05, 4.69) is 280 Å². The van der Waals surface area contributed by atoms with Crippen molar-refractivity contribution in [1.29, 1.82) is 0 Å². The van der Waals surface area contributed by atoms with Gasteiger partial charge in [-0.15, -0.1) is 0 Å². The van der Waals surface area contributed by atoms with Gasteiger partial charge in [-0.25, -0.2) is 0 Å². The largest absolute Gasteiger partial charge is 0.310 e. The van der Waals surface area contributed by atoms with Gasteiger partial charge >= 0.3 is 0 Å². The molecule has 76 heavy (non-hydrogen) atoms. The highest BCUT2D eigenvalue weighted by Gasteiger charge is 2.43. The molecule has 0 amide bonds. The Balaban J connectivity index is 1.03. The van der Waals surface area contributed by atoms with Crippen molar-refractivity contribution < 1.29 is 0 Å². The number of hydrogen-bond acceptors (Lipinski definition) is 2. The summed E-state index contributed by atoms with van der Waals surface area (Å²) in [6.07, 6.45) is 0. The van der Waals surface area contributed by atoms with Gasteiger partial charge < -0.3 is 9.80 Å². The molecule has 0 bridgehead atoms. The number of anilines is 6. The second-order valence-corrected chi connectivity index (χ2v) is 22.3. The van der Waals surface area contributed by atoms with Crippen LogP contribution in [0.25, 0.3) is 98.0 Å². The van der Waals surface area contributed by atoms with Crippen molar-refractivity contribution >= 4 is 98.8 Å². The fourth-order valence-electron chi connectivity index (χ4n) is 14.4. The summed E-state index contributed by atoms with van der Waals surface area (Å²) in [6.45, 7) is 9.64. The molecule has 14 aromatic carbocycles. The lowest BCUT2D eigenvalue weighted by atomic mass is 9.71. The van der Waals surface area contributed by atoms with Crippen LogP contribution in [0, 0.1) is 0 Å². The SMILES string of the molecule is CC1(C)c2ccccc2-c2cc3c(cc21)N(c1ccc2c4c(-c5ccccc5)c5c6cccc7c(N(c8ccccc8)c8ccccc8)ccc(c5c(-c5ccccc5)c4c4cccc1c42)c76)c1ccccc1C3(C)C. The van der Waals surface area contributed by atoms with Crippen LogP contribution in [0.1, 0.15) is 49.9 Å². The molecule has 16 rings (SSSR count). The van der Waals surface area contributed by atoms with E-state index in [1.807, 2.05) is 0 Å². The molecule has 0 radical (unpaired) electrons. The predicted molar refractivity (Wildman–Crippen MR) is 324 cm³/mol. The molecule has 0 N–H and O–H groups in total. The zero-order valence-electron chi connectivity index (χ0n) is 43.0. The summed E-state index contributed by atoms with van der Waals surface area (Å²) in [4.78, 5) is 5.03. The first kappa shape index (κ1) is 43.2. The zero-order valence-corrected chi connectivity index (χ0v) is 43.0. The molecule has 1 aliphatic carbocycles. The van der Waals surface area contributed by atoms with E-state index in [1.54, 1.807) is 0 Å². The Labute approximate surface area is 443 Å². The van der Waals surface area contributed by atoms with Gasteiger partial charge in [-0.2, -0.15) is 0 Å². The van der Waals surface area contributed by atoms with E-state index in [4.69, 9.17) is 0 Å². The summed E-state index contributed by atoms with van der Waals surface area (Å²) >= 11 is 0. The second-order valence-electron chi connectivity index (χ2n) is 22.3. The molecule has 1 heterocycles. The molecule has 358 valence electrons. The van der Waals surface area contributed by atoms with Crippen LogP contribution < -0.4 is 9.80 Å². The molecule has 1 aliphatic heterocycles. The summed E-state index contributed by atoms with van der Waals surface area (Å²) < 4.78 is 0. The fraction of sp³-hybridized carbons (Fsp3) is 0.0811. The van der Waals surface area contributed by atoms with Crippen molar-refractivity contribution in [3.8, 4) is 33.4 Å². The van der Waals surface area contributed by atoms with Gasteiger partial charge in [0.05, 0.1) is 22.7 Å². The standard InChI is InChI=1S/C74H52N2/c1-73(2)57-36-18-17-31-49(57)56-43-60-64(44-59(56)73)76(63-38-20-19-37-58(63)74(60,3)4)62-42-40-55-68-51(62)33-22-35-53(68)70-66(46-25-11-6-12-26-46)71-54-39-41-61(75(47-27-13-7-14-28-47)48-29-15-8-16-30-48)50-32-21-34-52(67(50)54)69(71)65(72(55)70)45-23-9-5-10-24-45/h5-44H,1-4H3. The van der Waals surface area contributed by atoms with Crippen molar-refractivity contribution in [2.45, 2.75) is 38.5 Å². The minimum atomic E-state index is -0.235. The van der Waals surface area contributed by atoms with Crippen LogP contribution in [0.3, 0.4) is 0 Å². The Hall–Kier alpha value is -9.24. The van der Waals surface area contributed by atoms with E-state index in [-0.39, 0.29) is 10.8 Å². The molecular weight excluding hydrogens is 917 g/mol. The molecule has 2 heteroatoms. The lowest BCUT2D eigenvalue weighted by molar-refractivity contribution is 0.627. The molecule has 0 saturated heterocycles. The fourth-order valence-corrected chi connectivity index (χ4v) is 14.4. The van der Waals surface area contributed by atoms with E-state index in [1.165, 1.54) is 137 Å². The summed E-state index contributed by atoms with van der Waals surface area (Å²) in [5.74, 6) is 0. The number of fused-ring (bicyclic) bond motifs is 11. The van der Waals surface area contributed by atoms with Gasteiger partial charge in [-0.3, -0.25) is 0 Å². The van der Waals surface area contributed by atoms with Crippen molar-refractivity contribution in [3.05, 3.63) is 265 Å². The number of para-hydroxylation sites is 3. The number of hydrogen-bond donors (Lipinski definition) is 0. The summed E-state index contributed by atoms with van der Waals surface area (Å²) in [7, 11) is 0. The van der Waals surface area contributed by atoms with Crippen molar-refractivity contribution in [3.63, 3.8) is 0 Å². The molecule has 0 saturated carbocycles. The Bertz CT molecular complexity index is 4530. The van der Waals surface area contributed by atoms with Crippen LogP contribution in [0.2, 0.25) is 0 Å². The number of nitrogens with zero attached hydrogens (tertiary/aromatic N) is 2. The average molecular weight is 969 g/mol. The van der Waals surface area contributed by atoms with Gasteiger partial charge in [-0.1, -0.05) is 216 Å². The molecule has 0 atom stereocenters. The molecule has 0 unspecified atom stereocenters. The Morgan fingerprint density at radius 1 is 0.289 bits per heavy atom. The van der Waals surface area contributed by atoms with Crippen LogP contribution in [0.15, 0.2) is 243 Å². The topological polar surface area (TPSA) is 6.48 Å². The van der Waals surface area contributed by atoms with Crippen molar-refractivity contribution in [1.82, 2.24) is 0 Å². The van der Waals surface area contributed by atoms with Crippen LogP contribution in [-0.4, -0.2) is 0 Å². The summed E-state index contributed by atoms with van der Waals surface area (Å²) in [5, 5.41) is 15.4. The van der Waals surface area contributed by atoms with Gasteiger partial charge in [0.15, 0.2) is 0 Å². The lowest BCUT2D eigenvalue weighted by Gasteiger charge is -2.43. The Morgan fingerprint density at radius 3 is 1.36 bits per heavy atom. The average Bonchev–Trinajstić information content (AvgIpc) is 4.27. The first-order chi connectivity index (χ1) is 37.3. The van der Waals surface area contributed by atoms with Gasteiger partial charge in [0, 0.05) is 33.0 Å². The van der Waals surface area contributed by atoms with Gasteiger partial charge in [-0.05, 0) is 164 Å². The van der Waals surface area contributed by atoms with Crippen LogP contribution >= 0.6 is 0 Å². The minimum absolute atomic E-state index is 0.146. The highest BCUT2D eigenvalue weighted by atomic mass is 15.2. The highest BCUT2D eigenvalue weighted by Crippen LogP contribution is 2.61. The molecule has 0 spiro atoms. The Kier molecular flexibility index (Phi) is 8.89. The Morgan fingerprint density at radius 2 is 0.750 bits per heavy atom. The first-order valence-corrected chi connectivity index (χ1v) is 26.9.